The van der Waals surface area contributed by atoms with Gasteiger partial charge in [0.25, 0.3) is 0 Å². The van der Waals surface area contributed by atoms with Crippen LogP contribution in [0, 0.1) is 0 Å². The standard InChI is InChI=1S/C63H45N/c1-63(2)61-37-43(27-26-42-28-30-46-38-58(44-16-6-3-7-17-44)59(39-47(46)36-42)45-18-8-4-9-19-45)29-33-56(61)57-35-32-50(41-62(57)63)64(48-20-10-5-11-21-48)49-31-34-55-53-24-13-12-22-51(53)52-23-14-15-25-54(52)60(55)40-49/h3-41H,1-2H3/b27-26+. The van der Waals surface area contributed by atoms with Crippen LogP contribution in [0.15, 0.2) is 224 Å². The Morgan fingerprint density at radius 1 is 0.312 bits per heavy atom. The van der Waals surface area contributed by atoms with Gasteiger partial charge in [-0.3, -0.25) is 0 Å². The molecule has 0 heterocycles. The van der Waals surface area contributed by atoms with Crippen LogP contribution in [-0.2, 0) is 5.41 Å². The van der Waals surface area contributed by atoms with E-state index in [2.05, 4.69) is 255 Å². The zero-order chi connectivity index (χ0) is 42.8. The van der Waals surface area contributed by atoms with Crippen molar-refractivity contribution >= 4 is 72.3 Å². The molecule has 0 aromatic heterocycles. The summed E-state index contributed by atoms with van der Waals surface area (Å²) in [5.41, 5.74) is 15.9. The van der Waals surface area contributed by atoms with Crippen LogP contribution >= 0.6 is 0 Å². The molecular weight excluding hydrogens is 771 g/mol. The molecule has 0 saturated carbocycles. The van der Waals surface area contributed by atoms with Crippen LogP contribution in [0.4, 0.5) is 17.1 Å². The Hall–Kier alpha value is -8.00. The first-order valence-corrected chi connectivity index (χ1v) is 22.3. The molecule has 0 N–H and O–H groups in total. The molecule has 302 valence electrons. The zero-order valence-corrected chi connectivity index (χ0v) is 36.0. The Labute approximate surface area is 374 Å². The number of benzene rings is 11. The predicted molar refractivity (Wildman–Crippen MR) is 275 cm³/mol. The van der Waals surface area contributed by atoms with Gasteiger partial charge in [-0.15, -0.1) is 0 Å². The van der Waals surface area contributed by atoms with Gasteiger partial charge in [0.2, 0.25) is 0 Å². The molecule has 0 spiro atoms. The smallest absolute Gasteiger partial charge is 0.0468 e. The third-order valence-electron chi connectivity index (χ3n) is 13.6. The van der Waals surface area contributed by atoms with E-state index in [0.717, 1.165) is 17.1 Å². The van der Waals surface area contributed by atoms with Crippen LogP contribution in [0.1, 0.15) is 36.1 Å². The van der Waals surface area contributed by atoms with E-state index in [1.807, 2.05) is 0 Å². The highest BCUT2D eigenvalue weighted by Gasteiger charge is 2.36. The Morgan fingerprint density at radius 3 is 1.39 bits per heavy atom. The first-order valence-electron chi connectivity index (χ1n) is 22.3. The molecule has 0 atom stereocenters. The molecule has 12 rings (SSSR count). The largest absolute Gasteiger partial charge is 0.310 e. The van der Waals surface area contributed by atoms with Crippen molar-refractivity contribution in [3.05, 3.63) is 247 Å². The van der Waals surface area contributed by atoms with Gasteiger partial charge in [0.05, 0.1) is 0 Å². The van der Waals surface area contributed by atoms with Gasteiger partial charge in [-0.25, -0.2) is 0 Å². The molecule has 64 heavy (non-hydrogen) atoms. The van der Waals surface area contributed by atoms with Crippen LogP contribution in [0.25, 0.3) is 88.6 Å². The Morgan fingerprint density at radius 2 is 0.766 bits per heavy atom. The van der Waals surface area contributed by atoms with Crippen LogP contribution < -0.4 is 4.90 Å². The van der Waals surface area contributed by atoms with Crippen molar-refractivity contribution in [2.45, 2.75) is 19.3 Å². The molecule has 1 aliphatic carbocycles. The second-order valence-corrected chi connectivity index (χ2v) is 17.7. The molecule has 11 aromatic carbocycles. The molecule has 0 fully saturated rings. The van der Waals surface area contributed by atoms with E-state index in [9.17, 15) is 0 Å². The van der Waals surface area contributed by atoms with E-state index in [0.29, 0.717) is 0 Å². The van der Waals surface area contributed by atoms with Gasteiger partial charge in [-0.2, -0.15) is 0 Å². The lowest BCUT2D eigenvalue weighted by Crippen LogP contribution is -2.16. The van der Waals surface area contributed by atoms with Crippen LogP contribution in [0.3, 0.4) is 0 Å². The van der Waals surface area contributed by atoms with Gasteiger partial charge in [0.15, 0.2) is 0 Å². The number of rotatable bonds is 7. The second kappa shape index (κ2) is 15.1. The van der Waals surface area contributed by atoms with Crippen LogP contribution in [-0.4, -0.2) is 0 Å². The number of hydrogen-bond acceptors (Lipinski definition) is 1. The number of fused-ring (bicyclic) bond motifs is 10. The number of anilines is 3. The van der Waals surface area contributed by atoms with Gasteiger partial charge in [0.1, 0.15) is 0 Å². The first-order chi connectivity index (χ1) is 31.5. The lowest BCUT2D eigenvalue weighted by molar-refractivity contribution is 0.660. The summed E-state index contributed by atoms with van der Waals surface area (Å²) in [5, 5.41) is 10.1. The number of para-hydroxylation sites is 1. The maximum Gasteiger partial charge on any atom is 0.0468 e. The van der Waals surface area contributed by atoms with Crippen LogP contribution in [0.5, 0.6) is 0 Å². The van der Waals surface area contributed by atoms with E-state index < -0.39 is 0 Å². The van der Waals surface area contributed by atoms with E-state index in [1.165, 1.54) is 98.7 Å². The molecule has 1 aliphatic rings. The summed E-state index contributed by atoms with van der Waals surface area (Å²) < 4.78 is 0. The SMILES string of the molecule is CC1(C)c2cc(/C=C/c3ccc4cc(-c5ccccc5)c(-c5ccccc5)cc4c3)ccc2-c2ccc(N(c3ccccc3)c3ccc4c5ccccc5c5ccccc5c4c3)cc21. The third-order valence-corrected chi connectivity index (χ3v) is 13.6. The van der Waals surface area contributed by atoms with E-state index in [4.69, 9.17) is 0 Å². The van der Waals surface area contributed by atoms with Gasteiger partial charge in [-0.05, 0) is 153 Å². The average Bonchev–Trinajstić information content (AvgIpc) is 3.58. The summed E-state index contributed by atoms with van der Waals surface area (Å²) in [6, 6.07) is 82.5. The third kappa shape index (κ3) is 6.31. The quantitative estimate of drug-likeness (QED) is 0.114. The first kappa shape index (κ1) is 37.7. The number of nitrogens with zero attached hydrogens (tertiary/aromatic N) is 1. The lowest BCUT2D eigenvalue weighted by atomic mass is 9.81. The maximum atomic E-state index is 2.43. The Bertz CT molecular complexity index is 3580. The molecule has 0 aliphatic heterocycles. The van der Waals surface area contributed by atoms with Gasteiger partial charge >= 0.3 is 0 Å². The fourth-order valence-corrected chi connectivity index (χ4v) is 10.4. The highest BCUT2D eigenvalue weighted by Crippen LogP contribution is 2.51. The monoisotopic (exact) mass is 815 g/mol. The van der Waals surface area contributed by atoms with Crippen molar-refractivity contribution in [3.8, 4) is 33.4 Å². The molecule has 1 heteroatoms. The summed E-state index contributed by atoms with van der Waals surface area (Å²) in [4.78, 5) is 2.42. The maximum absolute atomic E-state index is 2.43. The van der Waals surface area contributed by atoms with Crippen molar-refractivity contribution in [2.24, 2.45) is 0 Å². The molecule has 0 radical (unpaired) electrons. The highest BCUT2D eigenvalue weighted by atomic mass is 15.1. The molecule has 1 nitrogen and oxygen atoms in total. The summed E-state index contributed by atoms with van der Waals surface area (Å²) in [7, 11) is 0. The van der Waals surface area contributed by atoms with Crippen molar-refractivity contribution in [2.75, 3.05) is 4.90 Å². The zero-order valence-electron chi connectivity index (χ0n) is 36.0. The lowest BCUT2D eigenvalue weighted by Gasteiger charge is -2.28. The van der Waals surface area contributed by atoms with Crippen LogP contribution in [0.2, 0.25) is 0 Å². The summed E-state index contributed by atoms with van der Waals surface area (Å²) in [5.74, 6) is 0. The minimum Gasteiger partial charge on any atom is -0.310 e. The predicted octanol–water partition coefficient (Wildman–Crippen LogP) is 17.6. The topological polar surface area (TPSA) is 3.24 Å². The van der Waals surface area contributed by atoms with Crippen molar-refractivity contribution in [3.63, 3.8) is 0 Å². The van der Waals surface area contributed by atoms with E-state index in [1.54, 1.807) is 0 Å². The molecular formula is C63H45N. The second-order valence-electron chi connectivity index (χ2n) is 17.7. The number of hydrogen-bond donors (Lipinski definition) is 0. The summed E-state index contributed by atoms with van der Waals surface area (Å²) in [6.07, 6.45) is 4.53. The summed E-state index contributed by atoms with van der Waals surface area (Å²) in [6.45, 7) is 4.76. The fourth-order valence-electron chi connectivity index (χ4n) is 10.4. The van der Waals surface area contributed by atoms with Crippen molar-refractivity contribution in [1.82, 2.24) is 0 Å². The molecule has 0 saturated heterocycles. The molecule has 0 amide bonds. The average molecular weight is 816 g/mol. The van der Waals surface area contributed by atoms with Gasteiger partial charge in [0, 0.05) is 22.5 Å². The minimum atomic E-state index is -0.196. The Kier molecular flexibility index (Phi) is 8.91. The van der Waals surface area contributed by atoms with E-state index in [-0.39, 0.29) is 5.41 Å². The highest BCUT2D eigenvalue weighted by molar-refractivity contribution is 6.25. The normalized spacial score (nSPS) is 12.9. The van der Waals surface area contributed by atoms with Gasteiger partial charge < -0.3 is 4.90 Å². The Balaban J connectivity index is 0.897. The molecule has 11 aromatic rings. The van der Waals surface area contributed by atoms with Crippen molar-refractivity contribution < 1.29 is 0 Å². The fraction of sp³-hybridized carbons (Fsp3) is 0.0476. The molecule has 0 unspecified atom stereocenters. The molecule has 0 bridgehead atoms. The summed E-state index contributed by atoms with van der Waals surface area (Å²) >= 11 is 0. The minimum absolute atomic E-state index is 0.196. The van der Waals surface area contributed by atoms with Crippen molar-refractivity contribution in [1.29, 1.82) is 0 Å². The van der Waals surface area contributed by atoms with Gasteiger partial charge in [-0.1, -0.05) is 196 Å². The van der Waals surface area contributed by atoms with E-state index >= 15 is 0 Å².